The summed E-state index contributed by atoms with van der Waals surface area (Å²) in [5.74, 6) is 0.0822. The Morgan fingerprint density at radius 1 is 1.56 bits per heavy atom. The molecule has 2 rings (SSSR count). The first-order valence-corrected chi connectivity index (χ1v) is 6.22. The van der Waals surface area contributed by atoms with E-state index >= 15 is 0 Å². The third-order valence-corrected chi connectivity index (χ3v) is 3.53. The number of hydrogen-bond acceptors (Lipinski definition) is 7. The van der Waals surface area contributed by atoms with Gasteiger partial charge >= 0.3 is 5.88 Å². The summed E-state index contributed by atoms with van der Waals surface area (Å²) in [6, 6.07) is 2.98. The summed E-state index contributed by atoms with van der Waals surface area (Å²) < 4.78 is 5.08. The molecule has 0 saturated carbocycles. The highest BCUT2D eigenvalue weighted by atomic mass is 32.1. The SMILES string of the molecule is CCC(NC)c1nnc(-c2ccc([N+](=O)[O-])o2)s1. The third-order valence-electron chi connectivity index (χ3n) is 2.48. The molecule has 1 atom stereocenters. The Labute approximate surface area is 107 Å². The first-order chi connectivity index (χ1) is 8.65. The largest absolute Gasteiger partial charge is 0.433 e. The van der Waals surface area contributed by atoms with Crippen LogP contribution in [0.3, 0.4) is 0 Å². The van der Waals surface area contributed by atoms with Crippen molar-refractivity contribution in [3.05, 3.63) is 27.3 Å². The Morgan fingerprint density at radius 3 is 2.89 bits per heavy atom. The van der Waals surface area contributed by atoms with Crippen LogP contribution in [0.25, 0.3) is 10.8 Å². The fourth-order valence-corrected chi connectivity index (χ4v) is 2.52. The van der Waals surface area contributed by atoms with Gasteiger partial charge in [0.15, 0.2) is 10.8 Å². The van der Waals surface area contributed by atoms with E-state index in [1.165, 1.54) is 23.5 Å². The first kappa shape index (κ1) is 12.7. The number of nitro groups is 1. The van der Waals surface area contributed by atoms with Crippen molar-refractivity contribution < 1.29 is 9.34 Å². The summed E-state index contributed by atoms with van der Waals surface area (Å²) in [5.41, 5.74) is 0. The Bertz CT molecular complexity index is 547. The van der Waals surface area contributed by atoms with Gasteiger partial charge in [-0.1, -0.05) is 18.3 Å². The fraction of sp³-hybridized carbons (Fsp3) is 0.400. The number of rotatable bonds is 5. The molecule has 0 amide bonds. The molecule has 8 heteroatoms. The fourth-order valence-electron chi connectivity index (χ4n) is 1.52. The third kappa shape index (κ3) is 2.39. The van der Waals surface area contributed by atoms with Gasteiger partial charge in [-0.3, -0.25) is 10.1 Å². The average Bonchev–Trinajstić information content (AvgIpc) is 2.98. The molecule has 7 nitrogen and oxygen atoms in total. The summed E-state index contributed by atoms with van der Waals surface area (Å²) in [6.07, 6.45) is 0.892. The normalized spacial score (nSPS) is 12.6. The minimum Gasteiger partial charge on any atom is -0.398 e. The zero-order valence-corrected chi connectivity index (χ0v) is 10.7. The maximum Gasteiger partial charge on any atom is 0.433 e. The zero-order chi connectivity index (χ0) is 13.1. The molecule has 18 heavy (non-hydrogen) atoms. The van der Waals surface area contributed by atoms with Crippen molar-refractivity contribution in [2.24, 2.45) is 0 Å². The summed E-state index contributed by atoms with van der Waals surface area (Å²) in [7, 11) is 1.85. The molecule has 2 heterocycles. The van der Waals surface area contributed by atoms with Crippen LogP contribution in [-0.4, -0.2) is 22.2 Å². The molecule has 0 aliphatic rings. The van der Waals surface area contributed by atoms with Gasteiger partial charge in [-0.2, -0.15) is 0 Å². The van der Waals surface area contributed by atoms with Crippen molar-refractivity contribution in [2.75, 3.05) is 7.05 Å². The van der Waals surface area contributed by atoms with Crippen molar-refractivity contribution in [1.29, 1.82) is 0 Å². The number of furan rings is 1. The van der Waals surface area contributed by atoms with Gasteiger partial charge in [-0.15, -0.1) is 10.2 Å². The molecular weight excluding hydrogens is 256 g/mol. The summed E-state index contributed by atoms with van der Waals surface area (Å²) in [5, 5.41) is 23.1. The van der Waals surface area contributed by atoms with Gasteiger partial charge in [0.05, 0.1) is 12.1 Å². The van der Waals surface area contributed by atoms with E-state index in [0.29, 0.717) is 10.8 Å². The van der Waals surface area contributed by atoms with Gasteiger partial charge in [0.1, 0.15) is 9.93 Å². The topological polar surface area (TPSA) is 94.1 Å². The minimum absolute atomic E-state index is 0.140. The molecule has 2 aromatic heterocycles. The van der Waals surface area contributed by atoms with Crippen molar-refractivity contribution in [2.45, 2.75) is 19.4 Å². The lowest BCUT2D eigenvalue weighted by molar-refractivity contribution is -0.401. The van der Waals surface area contributed by atoms with E-state index in [0.717, 1.165) is 11.4 Å². The van der Waals surface area contributed by atoms with Crippen molar-refractivity contribution in [1.82, 2.24) is 15.5 Å². The second-order valence-corrected chi connectivity index (χ2v) is 4.60. The van der Waals surface area contributed by atoms with E-state index in [-0.39, 0.29) is 11.9 Å². The van der Waals surface area contributed by atoms with Crippen LogP contribution in [0, 0.1) is 10.1 Å². The number of nitrogens with zero attached hydrogens (tertiary/aromatic N) is 3. The summed E-state index contributed by atoms with van der Waals surface area (Å²) in [4.78, 5) is 9.95. The van der Waals surface area contributed by atoms with Crippen LogP contribution in [0.5, 0.6) is 0 Å². The Morgan fingerprint density at radius 2 is 2.33 bits per heavy atom. The monoisotopic (exact) mass is 268 g/mol. The zero-order valence-electron chi connectivity index (χ0n) is 9.91. The second-order valence-electron chi connectivity index (χ2n) is 3.59. The summed E-state index contributed by atoms with van der Waals surface area (Å²) >= 11 is 1.37. The van der Waals surface area contributed by atoms with Crippen molar-refractivity contribution in [3.8, 4) is 10.8 Å². The molecular formula is C10H12N4O3S. The highest BCUT2D eigenvalue weighted by Gasteiger charge is 2.18. The Kier molecular flexibility index (Phi) is 3.68. The van der Waals surface area contributed by atoms with Crippen LogP contribution < -0.4 is 5.32 Å². The van der Waals surface area contributed by atoms with Crippen LogP contribution in [0.15, 0.2) is 16.5 Å². The predicted octanol–water partition coefficient (Wildman–Crippen LogP) is 2.38. The van der Waals surface area contributed by atoms with Gasteiger partial charge in [-0.25, -0.2) is 0 Å². The Balaban J connectivity index is 2.26. The minimum atomic E-state index is -0.576. The van der Waals surface area contributed by atoms with E-state index in [9.17, 15) is 10.1 Å². The number of hydrogen-bond donors (Lipinski definition) is 1. The van der Waals surface area contributed by atoms with E-state index in [1.807, 2.05) is 14.0 Å². The molecule has 0 radical (unpaired) electrons. The summed E-state index contributed by atoms with van der Waals surface area (Å²) in [6.45, 7) is 2.04. The highest BCUT2D eigenvalue weighted by molar-refractivity contribution is 7.14. The van der Waals surface area contributed by atoms with Gasteiger partial charge in [0, 0.05) is 0 Å². The molecule has 1 unspecified atom stereocenters. The van der Waals surface area contributed by atoms with Crippen LogP contribution in [0.4, 0.5) is 5.88 Å². The molecule has 96 valence electrons. The van der Waals surface area contributed by atoms with Crippen LogP contribution in [0.2, 0.25) is 0 Å². The number of aromatic nitrogens is 2. The molecule has 2 aromatic rings. The van der Waals surface area contributed by atoms with E-state index in [1.54, 1.807) is 0 Å². The van der Waals surface area contributed by atoms with Gasteiger partial charge in [0.25, 0.3) is 0 Å². The smallest absolute Gasteiger partial charge is 0.398 e. The molecule has 0 aliphatic carbocycles. The maximum absolute atomic E-state index is 10.5. The standard InChI is InChI=1S/C10H12N4O3S/c1-3-6(11-2)9-12-13-10(18-9)7-4-5-8(17-7)14(15)16/h4-6,11H,3H2,1-2H3. The average molecular weight is 268 g/mol. The Hall–Kier alpha value is -1.80. The molecule has 0 fully saturated rings. The second kappa shape index (κ2) is 5.23. The predicted molar refractivity (Wildman–Crippen MR) is 66.4 cm³/mol. The molecule has 0 saturated heterocycles. The van der Waals surface area contributed by atoms with Crippen LogP contribution in [0.1, 0.15) is 24.4 Å². The lowest BCUT2D eigenvalue weighted by atomic mass is 10.2. The molecule has 0 aliphatic heterocycles. The van der Waals surface area contributed by atoms with Crippen molar-refractivity contribution >= 4 is 17.2 Å². The van der Waals surface area contributed by atoms with Gasteiger partial charge in [-0.05, 0) is 19.5 Å². The van der Waals surface area contributed by atoms with Crippen LogP contribution in [-0.2, 0) is 0 Å². The van der Waals surface area contributed by atoms with Crippen molar-refractivity contribution in [3.63, 3.8) is 0 Å². The number of nitrogens with one attached hydrogen (secondary N) is 1. The quantitative estimate of drug-likeness (QED) is 0.660. The first-order valence-electron chi connectivity index (χ1n) is 5.41. The molecule has 0 aromatic carbocycles. The molecule has 0 bridgehead atoms. The lowest BCUT2D eigenvalue weighted by Gasteiger charge is -2.07. The van der Waals surface area contributed by atoms with Gasteiger partial charge < -0.3 is 9.73 Å². The van der Waals surface area contributed by atoms with E-state index in [2.05, 4.69) is 15.5 Å². The maximum atomic E-state index is 10.5. The van der Waals surface area contributed by atoms with Crippen LogP contribution >= 0.6 is 11.3 Å². The van der Waals surface area contributed by atoms with Gasteiger partial charge in [0.2, 0.25) is 0 Å². The molecule has 1 N–H and O–H groups in total. The lowest BCUT2D eigenvalue weighted by Crippen LogP contribution is -2.14. The molecule has 0 spiro atoms. The highest BCUT2D eigenvalue weighted by Crippen LogP contribution is 2.30. The van der Waals surface area contributed by atoms with E-state index < -0.39 is 4.92 Å². The van der Waals surface area contributed by atoms with E-state index in [4.69, 9.17) is 4.42 Å².